The lowest BCUT2D eigenvalue weighted by molar-refractivity contribution is 0.353. The Labute approximate surface area is 377 Å². The van der Waals surface area contributed by atoms with Gasteiger partial charge in [-0.1, -0.05) is 202 Å². The minimum absolute atomic E-state index is 0.110. The molecule has 0 amide bonds. The summed E-state index contributed by atoms with van der Waals surface area (Å²) < 4.78 is 0. The number of allylic oxidation sites excluding steroid dienone is 9. The molecule has 1 heteroatoms. The van der Waals surface area contributed by atoms with Crippen molar-refractivity contribution in [3.8, 4) is 22.3 Å². The number of benzene rings is 8. The fourth-order valence-corrected chi connectivity index (χ4v) is 12.2. The van der Waals surface area contributed by atoms with Crippen LogP contribution in [0.25, 0.3) is 49.4 Å². The standard InChI is InChI=1S/C63H51N/c1-2-3-4-19-40-63(46-21-7-5-8-22-46)60-29-16-14-26-53(60)55-36-34-49(43-61(55)63)64(48-35-37-59-57(42-48)54-27-13-15-28-58(54)62(59)38-17-6-18-39-62)47-32-30-44(31-33-47)56-41-45-20-9-10-23-50(45)51-24-11-12-25-52(51)56/h2-5,7-16,19-33,35,37,40-43H,1,6,17-18,34,36,38-39H2/b4-3-,40-19+. The Hall–Kier alpha value is -7.22. The van der Waals surface area contributed by atoms with Crippen LogP contribution in [0.4, 0.5) is 11.4 Å². The van der Waals surface area contributed by atoms with Gasteiger partial charge in [0.15, 0.2) is 0 Å². The Morgan fingerprint density at radius 3 is 1.97 bits per heavy atom. The van der Waals surface area contributed by atoms with E-state index < -0.39 is 5.41 Å². The zero-order chi connectivity index (χ0) is 42.7. The molecule has 1 spiro atoms. The maximum Gasteiger partial charge on any atom is 0.0644 e. The van der Waals surface area contributed by atoms with Gasteiger partial charge in [-0.15, -0.1) is 0 Å². The predicted octanol–water partition coefficient (Wildman–Crippen LogP) is 16.8. The van der Waals surface area contributed by atoms with E-state index >= 15 is 0 Å². The summed E-state index contributed by atoms with van der Waals surface area (Å²) in [6.45, 7) is 3.96. The smallest absolute Gasteiger partial charge is 0.0644 e. The van der Waals surface area contributed by atoms with E-state index in [1.807, 2.05) is 12.2 Å². The molecule has 0 N–H and O–H groups in total. The Balaban J connectivity index is 1.06. The largest absolute Gasteiger partial charge is 0.314 e. The summed E-state index contributed by atoms with van der Waals surface area (Å²) >= 11 is 0. The minimum atomic E-state index is -0.457. The average molecular weight is 822 g/mol. The number of nitrogens with zero attached hydrogens (tertiary/aromatic N) is 1. The number of fused-ring (bicyclic) bond motifs is 10. The molecule has 0 aliphatic heterocycles. The van der Waals surface area contributed by atoms with Gasteiger partial charge in [0.05, 0.1) is 5.41 Å². The fraction of sp³-hybridized carbons (Fsp3) is 0.143. The molecule has 0 bridgehead atoms. The topological polar surface area (TPSA) is 3.24 Å². The molecule has 308 valence electrons. The first-order chi connectivity index (χ1) is 31.7. The zero-order valence-electron chi connectivity index (χ0n) is 36.3. The summed E-state index contributed by atoms with van der Waals surface area (Å²) in [5.41, 5.74) is 18.5. The molecule has 8 aromatic rings. The van der Waals surface area contributed by atoms with Crippen LogP contribution in [0, 0.1) is 0 Å². The van der Waals surface area contributed by atoms with Crippen molar-refractivity contribution in [3.63, 3.8) is 0 Å². The molecule has 0 saturated heterocycles. The van der Waals surface area contributed by atoms with E-state index in [4.69, 9.17) is 0 Å². The van der Waals surface area contributed by atoms with Gasteiger partial charge < -0.3 is 4.90 Å². The highest BCUT2D eigenvalue weighted by molar-refractivity contribution is 6.13. The molecule has 1 fully saturated rings. The normalized spacial score (nSPS) is 18.3. The lowest BCUT2D eigenvalue weighted by Gasteiger charge is -2.37. The van der Waals surface area contributed by atoms with Crippen LogP contribution in [0.5, 0.6) is 0 Å². The molecule has 4 aliphatic rings. The molecule has 0 aromatic heterocycles. The molecule has 0 radical (unpaired) electrons. The zero-order valence-corrected chi connectivity index (χ0v) is 36.3. The molecule has 1 unspecified atom stereocenters. The van der Waals surface area contributed by atoms with Gasteiger partial charge in [-0.25, -0.2) is 0 Å². The van der Waals surface area contributed by atoms with Gasteiger partial charge in [-0.2, -0.15) is 0 Å². The molecule has 4 aliphatic carbocycles. The summed E-state index contributed by atoms with van der Waals surface area (Å²) in [4.78, 5) is 2.58. The first-order valence-electron chi connectivity index (χ1n) is 23.3. The van der Waals surface area contributed by atoms with Crippen molar-refractivity contribution >= 4 is 38.5 Å². The van der Waals surface area contributed by atoms with Crippen molar-refractivity contribution in [2.24, 2.45) is 0 Å². The average Bonchev–Trinajstić information content (AvgIpc) is 3.79. The van der Waals surface area contributed by atoms with E-state index in [2.05, 4.69) is 212 Å². The van der Waals surface area contributed by atoms with Crippen molar-refractivity contribution in [2.45, 2.75) is 55.8 Å². The van der Waals surface area contributed by atoms with Crippen molar-refractivity contribution < 1.29 is 0 Å². The van der Waals surface area contributed by atoms with Crippen molar-refractivity contribution in [2.75, 3.05) is 4.90 Å². The van der Waals surface area contributed by atoms with E-state index in [1.165, 1.54) is 132 Å². The van der Waals surface area contributed by atoms with Crippen molar-refractivity contribution in [1.82, 2.24) is 0 Å². The lowest BCUT2D eigenvalue weighted by Crippen LogP contribution is -2.28. The molecule has 8 aromatic carbocycles. The van der Waals surface area contributed by atoms with Gasteiger partial charge in [0.2, 0.25) is 0 Å². The second-order valence-corrected chi connectivity index (χ2v) is 18.2. The number of anilines is 2. The summed E-state index contributed by atoms with van der Waals surface area (Å²) in [6.07, 6.45) is 21.4. The van der Waals surface area contributed by atoms with Gasteiger partial charge in [-0.3, -0.25) is 0 Å². The van der Waals surface area contributed by atoms with E-state index in [9.17, 15) is 0 Å². The second-order valence-electron chi connectivity index (χ2n) is 18.2. The molecule has 1 nitrogen and oxygen atoms in total. The van der Waals surface area contributed by atoms with E-state index in [0.717, 1.165) is 12.8 Å². The lowest BCUT2D eigenvalue weighted by atomic mass is 9.68. The van der Waals surface area contributed by atoms with Crippen LogP contribution in [0.15, 0.2) is 230 Å². The van der Waals surface area contributed by atoms with Crippen molar-refractivity contribution in [3.05, 3.63) is 258 Å². The Bertz CT molecular complexity index is 3260. The molecule has 1 saturated carbocycles. The number of hydrogen-bond acceptors (Lipinski definition) is 1. The van der Waals surface area contributed by atoms with Crippen LogP contribution in [0.3, 0.4) is 0 Å². The maximum absolute atomic E-state index is 3.96. The van der Waals surface area contributed by atoms with E-state index in [-0.39, 0.29) is 5.41 Å². The van der Waals surface area contributed by atoms with Crippen LogP contribution in [-0.2, 0) is 10.8 Å². The molecule has 64 heavy (non-hydrogen) atoms. The maximum atomic E-state index is 3.96. The van der Waals surface area contributed by atoms with Gasteiger partial charge in [0.25, 0.3) is 0 Å². The third kappa shape index (κ3) is 5.91. The molecule has 12 rings (SSSR count). The van der Waals surface area contributed by atoms with Crippen LogP contribution >= 0.6 is 0 Å². The van der Waals surface area contributed by atoms with Crippen LogP contribution in [0.1, 0.15) is 72.8 Å². The molecular formula is C63H51N. The summed E-state index contributed by atoms with van der Waals surface area (Å²) in [7, 11) is 0. The highest BCUT2D eigenvalue weighted by Crippen LogP contribution is 2.58. The van der Waals surface area contributed by atoms with Crippen LogP contribution < -0.4 is 4.90 Å². The van der Waals surface area contributed by atoms with Gasteiger partial charge in [0, 0.05) is 22.5 Å². The monoisotopic (exact) mass is 821 g/mol. The van der Waals surface area contributed by atoms with Crippen molar-refractivity contribution in [1.29, 1.82) is 0 Å². The number of hydrogen-bond donors (Lipinski definition) is 0. The highest BCUT2D eigenvalue weighted by atomic mass is 15.1. The Morgan fingerprint density at radius 2 is 1.16 bits per heavy atom. The predicted molar refractivity (Wildman–Crippen MR) is 271 cm³/mol. The molecular weight excluding hydrogens is 771 g/mol. The third-order valence-corrected chi connectivity index (χ3v) is 15.0. The Kier molecular flexibility index (Phi) is 9.34. The second kappa shape index (κ2) is 15.5. The SMILES string of the molecule is C=C/C=C\C=C\C1(c2ccccc2)C2=C(CCC(N(c3ccc(-c4cc5ccccc5c5ccccc45)cc3)c3ccc4c(c3)-c3ccccc3C43CCCCC3)=C2)c2ccccc21. The molecule has 1 atom stereocenters. The first kappa shape index (κ1) is 38.5. The number of rotatable bonds is 8. The highest BCUT2D eigenvalue weighted by Gasteiger charge is 2.46. The van der Waals surface area contributed by atoms with Crippen LogP contribution in [0.2, 0.25) is 0 Å². The fourth-order valence-electron chi connectivity index (χ4n) is 12.2. The summed E-state index contributed by atoms with van der Waals surface area (Å²) in [5, 5.41) is 5.13. The third-order valence-electron chi connectivity index (χ3n) is 15.0. The summed E-state index contributed by atoms with van der Waals surface area (Å²) in [6, 6.07) is 66.4. The van der Waals surface area contributed by atoms with E-state index in [0.29, 0.717) is 0 Å². The minimum Gasteiger partial charge on any atom is -0.314 e. The first-order valence-corrected chi connectivity index (χ1v) is 23.3. The van der Waals surface area contributed by atoms with Gasteiger partial charge in [-0.05, 0) is 145 Å². The summed E-state index contributed by atoms with van der Waals surface area (Å²) in [5.74, 6) is 0. The van der Waals surface area contributed by atoms with Gasteiger partial charge >= 0.3 is 0 Å². The Morgan fingerprint density at radius 1 is 0.484 bits per heavy atom. The quantitative estimate of drug-likeness (QED) is 0.109. The molecule has 0 heterocycles. The van der Waals surface area contributed by atoms with Crippen LogP contribution in [-0.4, -0.2) is 0 Å². The van der Waals surface area contributed by atoms with Gasteiger partial charge in [0.1, 0.15) is 0 Å². The van der Waals surface area contributed by atoms with E-state index in [1.54, 1.807) is 0 Å².